The fraction of sp³-hybridized carbons (Fsp3) is 0.423. The zero-order chi connectivity index (χ0) is 25.4. The van der Waals surface area contributed by atoms with Crippen LogP contribution in [0.2, 0.25) is 0 Å². The summed E-state index contributed by atoms with van der Waals surface area (Å²) in [6, 6.07) is 16.1. The molecule has 1 heterocycles. The number of nitrogens with one attached hydrogen (secondary N) is 1. The fourth-order valence-corrected chi connectivity index (χ4v) is 4.54. The predicted octanol–water partition coefficient (Wildman–Crippen LogP) is 3.53. The van der Waals surface area contributed by atoms with Crippen LogP contribution in [0.25, 0.3) is 11.1 Å². The molecule has 1 fully saturated rings. The minimum absolute atomic E-state index is 0.0569. The van der Waals surface area contributed by atoms with Gasteiger partial charge in [0.15, 0.2) is 5.54 Å². The van der Waals surface area contributed by atoms with E-state index in [-0.39, 0.29) is 25.6 Å². The smallest absolute Gasteiger partial charge is 0.410 e. The highest BCUT2D eigenvalue weighted by Crippen LogP contribution is 2.44. The first kappa shape index (κ1) is 24.5. The summed E-state index contributed by atoms with van der Waals surface area (Å²) >= 11 is 0. The van der Waals surface area contributed by atoms with Crippen molar-refractivity contribution in [3.05, 3.63) is 59.7 Å². The molecule has 9 heteroatoms. The van der Waals surface area contributed by atoms with Gasteiger partial charge >= 0.3 is 12.2 Å². The summed E-state index contributed by atoms with van der Waals surface area (Å²) in [6.07, 6.45) is -1.30. The average molecular weight is 482 g/mol. The lowest BCUT2D eigenvalue weighted by Gasteiger charge is -2.49. The minimum atomic E-state index is -1.37. The number of fused-ring (bicyclic) bond motifs is 3. The lowest BCUT2D eigenvalue weighted by atomic mass is 9.89. The molecule has 2 aromatic rings. The molecule has 1 aliphatic heterocycles. The first-order valence-corrected chi connectivity index (χ1v) is 11.5. The van der Waals surface area contributed by atoms with E-state index in [1.807, 2.05) is 36.4 Å². The van der Waals surface area contributed by atoms with Crippen LogP contribution in [0.4, 0.5) is 9.59 Å². The molecule has 0 bridgehead atoms. The van der Waals surface area contributed by atoms with Crippen LogP contribution in [0.3, 0.4) is 0 Å². The maximum Gasteiger partial charge on any atom is 0.410 e. The quantitative estimate of drug-likeness (QED) is 0.656. The lowest BCUT2D eigenvalue weighted by Crippen LogP contribution is -2.77. The van der Waals surface area contributed by atoms with E-state index in [0.717, 1.165) is 27.3 Å². The van der Waals surface area contributed by atoms with Crippen molar-refractivity contribution < 1.29 is 28.7 Å². The molecule has 0 saturated carbocycles. The Balaban J connectivity index is 1.45. The maximum absolute atomic E-state index is 13.0. The maximum atomic E-state index is 13.0. The second-order valence-corrected chi connectivity index (χ2v) is 9.85. The van der Waals surface area contributed by atoms with Gasteiger partial charge in [-0.05, 0) is 43.0 Å². The van der Waals surface area contributed by atoms with E-state index >= 15 is 0 Å². The number of likely N-dealkylation sites (N-methyl/N-ethyl adjacent to an activating group) is 1. The molecule has 0 aromatic heterocycles. The topological polar surface area (TPSA) is 97.4 Å². The lowest BCUT2D eigenvalue weighted by molar-refractivity contribution is -0.182. The Hall–Kier alpha value is -3.59. The predicted molar refractivity (Wildman–Crippen MR) is 129 cm³/mol. The Morgan fingerprint density at radius 1 is 1.03 bits per heavy atom. The number of nitrogens with zero attached hydrogens (tertiary/aromatic N) is 2. The number of hydrogen-bond acceptors (Lipinski definition) is 6. The van der Waals surface area contributed by atoms with Crippen molar-refractivity contribution in [2.24, 2.45) is 0 Å². The van der Waals surface area contributed by atoms with Gasteiger partial charge in [-0.1, -0.05) is 48.5 Å². The molecule has 2 aliphatic rings. The van der Waals surface area contributed by atoms with Gasteiger partial charge in [-0.15, -0.1) is 0 Å². The molecule has 4 rings (SSSR count). The number of likely N-dealkylation sites (tertiary alicyclic amines) is 1. The van der Waals surface area contributed by atoms with E-state index in [4.69, 9.17) is 14.3 Å². The largest absolute Gasteiger partial charge is 0.449 e. The van der Waals surface area contributed by atoms with Gasteiger partial charge in [-0.2, -0.15) is 0 Å². The van der Waals surface area contributed by atoms with Gasteiger partial charge in [0.2, 0.25) is 0 Å². The second-order valence-electron chi connectivity index (χ2n) is 9.85. The summed E-state index contributed by atoms with van der Waals surface area (Å²) in [5.74, 6) is -0.602. The minimum Gasteiger partial charge on any atom is -0.449 e. The zero-order valence-corrected chi connectivity index (χ0v) is 20.7. The number of ether oxygens (including phenoxy) is 2. The van der Waals surface area contributed by atoms with Gasteiger partial charge in [0.05, 0.1) is 20.2 Å². The van der Waals surface area contributed by atoms with E-state index < -0.39 is 29.2 Å². The van der Waals surface area contributed by atoms with E-state index in [1.54, 1.807) is 20.8 Å². The number of hydrogen-bond donors (Lipinski definition) is 1. The van der Waals surface area contributed by atoms with E-state index in [0.29, 0.717) is 0 Å². The standard InChI is InChI=1S/C26H31N3O6/c1-25(2,3)35-24(32)29-15-26(16-29,22(30)28(4)33-5)27-23(31)34-14-21-19-12-8-6-10-17(19)18-11-7-9-13-20(18)21/h6-13,21H,14-16H2,1-5H3,(H,27,31). The highest BCUT2D eigenvalue weighted by Gasteiger charge is 2.55. The third-order valence-electron chi connectivity index (χ3n) is 6.23. The molecular weight excluding hydrogens is 450 g/mol. The molecule has 0 atom stereocenters. The number of alkyl carbamates (subject to hydrolysis) is 1. The summed E-state index contributed by atoms with van der Waals surface area (Å²) in [6.45, 7) is 5.28. The van der Waals surface area contributed by atoms with E-state index in [2.05, 4.69) is 17.4 Å². The van der Waals surface area contributed by atoms with Crippen LogP contribution >= 0.6 is 0 Å². The molecule has 9 nitrogen and oxygen atoms in total. The summed E-state index contributed by atoms with van der Waals surface area (Å²) in [5.41, 5.74) is 2.37. The van der Waals surface area contributed by atoms with Crippen molar-refractivity contribution in [2.45, 2.75) is 37.8 Å². The molecule has 35 heavy (non-hydrogen) atoms. The summed E-state index contributed by atoms with van der Waals surface area (Å²) in [5, 5.41) is 3.71. The molecule has 1 saturated heterocycles. The van der Waals surface area contributed by atoms with E-state index in [9.17, 15) is 14.4 Å². The molecule has 186 valence electrons. The summed E-state index contributed by atoms with van der Waals surface area (Å²) in [4.78, 5) is 44.7. The van der Waals surface area contributed by atoms with Gasteiger partial charge in [-0.3, -0.25) is 9.63 Å². The normalized spacial score (nSPS) is 16.0. The molecule has 0 spiro atoms. The van der Waals surface area contributed by atoms with Crippen LogP contribution < -0.4 is 5.32 Å². The molecule has 0 unspecified atom stereocenters. The molecule has 3 amide bonds. The van der Waals surface area contributed by atoms with Crippen LogP contribution in [0.5, 0.6) is 0 Å². The Bertz CT molecular complexity index is 1090. The van der Waals surface area contributed by atoms with Crippen LogP contribution in [-0.4, -0.2) is 73.1 Å². The zero-order valence-electron chi connectivity index (χ0n) is 20.7. The number of benzene rings is 2. The molecule has 1 N–H and O–H groups in total. The van der Waals surface area contributed by atoms with Gasteiger partial charge in [0.1, 0.15) is 12.2 Å². The van der Waals surface area contributed by atoms with Crippen LogP contribution in [0.15, 0.2) is 48.5 Å². The number of amides is 3. The average Bonchev–Trinajstić information content (AvgIpc) is 3.11. The van der Waals surface area contributed by atoms with Gasteiger partial charge < -0.3 is 19.7 Å². The van der Waals surface area contributed by atoms with Gasteiger partial charge in [0, 0.05) is 13.0 Å². The van der Waals surface area contributed by atoms with Crippen LogP contribution in [0, 0.1) is 0 Å². The first-order valence-electron chi connectivity index (χ1n) is 11.5. The number of carbonyl (C=O) groups is 3. The Labute approximate surface area is 204 Å². The second kappa shape index (κ2) is 9.22. The summed E-state index contributed by atoms with van der Waals surface area (Å²) < 4.78 is 11.0. The summed E-state index contributed by atoms with van der Waals surface area (Å²) in [7, 11) is 2.79. The third kappa shape index (κ3) is 4.81. The Kier molecular flexibility index (Phi) is 6.46. The number of rotatable bonds is 5. The van der Waals surface area contributed by atoms with Crippen molar-refractivity contribution >= 4 is 18.1 Å². The Morgan fingerprint density at radius 2 is 1.57 bits per heavy atom. The number of hydroxylamine groups is 2. The molecule has 1 aliphatic carbocycles. The Morgan fingerprint density at radius 3 is 2.09 bits per heavy atom. The molecule has 2 aromatic carbocycles. The molecule has 0 radical (unpaired) electrons. The highest BCUT2D eigenvalue weighted by atomic mass is 16.7. The monoisotopic (exact) mass is 481 g/mol. The SMILES string of the molecule is CON(C)C(=O)C1(NC(=O)OCC2c3ccccc3-c3ccccc32)CN(C(=O)OC(C)(C)C)C1. The highest BCUT2D eigenvalue weighted by molar-refractivity contribution is 5.92. The van der Waals surface area contributed by atoms with Crippen molar-refractivity contribution in [2.75, 3.05) is 33.9 Å². The first-order chi connectivity index (χ1) is 16.5. The van der Waals surface area contributed by atoms with Crippen molar-refractivity contribution in [1.29, 1.82) is 0 Å². The number of carbonyl (C=O) groups excluding carboxylic acids is 3. The van der Waals surface area contributed by atoms with Gasteiger partial charge in [-0.25, -0.2) is 14.7 Å². The van der Waals surface area contributed by atoms with Crippen molar-refractivity contribution in [3.8, 4) is 11.1 Å². The third-order valence-corrected chi connectivity index (χ3v) is 6.23. The van der Waals surface area contributed by atoms with Crippen molar-refractivity contribution in [1.82, 2.24) is 15.3 Å². The molecular formula is C26H31N3O6. The van der Waals surface area contributed by atoms with Crippen molar-refractivity contribution in [3.63, 3.8) is 0 Å². The van der Waals surface area contributed by atoms with E-state index in [1.165, 1.54) is 19.1 Å². The van der Waals surface area contributed by atoms with Crippen LogP contribution in [0.1, 0.15) is 37.8 Å². The fourth-order valence-electron chi connectivity index (χ4n) is 4.54. The van der Waals surface area contributed by atoms with Gasteiger partial charge in [0.25, 0.3) is 5.91 Å². The van der Waals surface area contributed by atoms with Crippen LogP contribution in [-0.2, 0) is 19.1 Å².